The van der Waals surface area contributed by atoms with E-state index in [0.717, 1.165) is 6.42 Å². The van der Waals surface area contributed by atoms with Gasteiger partial charge in [0.1, 0.15) is 12.2 Å². The highest BCUT2D eigenvalue weighted by atomic mass is 16.6. The van der Waals surface area contributed by atoms with Crippen LogP contribution < -0.4 is 0 Å². The van der Waals surface area contributed by atoms with E-state index < -0.39 is 0 Å². The van der Waals surface area contributed by atoms with Crippen LogP contribution in [-0.2, 0) is 4.74 Å². The van der Waals surface area contributed by atoms with Crippen LogP contribution in [0.5, 0.6) is 0 Å². The monoisotopic (exact) mass is 126 g/mol. The Morgan fingerprint density at radius 3 is 3.22 bits per heavy atom. The average Bonchev–Trinajstić information content (AvgIpc) is 2.43. The highest BCUT2D eigenvalue weighted by Gasteiger charge is 2.45. The van der Waals surface area contributed by atoms with E-state index >= 15 is 0 Å². The molecule has 2 rings (SSSR count). The molecule has 0 amide bonds. The Kier molecular flexibility index (Phi) is 0.957. The second-order valence-corrected chi connectivity index (χ2v) is 2.85. The summed E-state index contributed by atoms with van der Waals surface area (Å²) in [5, 5.41) is 9.22. The molecule has 1 saturated heterocycles. The largest absolute Gasteiger partial charge is 0.390 e. The van der Waals surface area contributed by atoms with Crippen LogP contribution in [-0.4, -0.2) is 23.4 Å². The van der Waals surface area contributed by atoms with Crippen molar-refractivity contribution in [2.75, 3.05) is 0 Å². The molecule has 3 unspecified atom stereocenters. The molecule has 0 aromatic carbocycles. The van der Waals surface area contributed by atoms with Gasteiger partial charge in [-0.3, -0.25) is 0 Å². The van der Waals surface area contributed by atoms with Crippen LogP contribution >= 0.6 is 0 Å². The van der Waals surface area contributed by atoms with E-state index in [1.54, 1.807) is 0 Å². The first-order chi connectivity index (χ1) is 4.27. The topological polar surface area (TPSA) is 32.8 Å². The minimum absolute atomic E-state index is 0.133. The van der Waals surface area contributed by atoms with Crippen molar-refractivity contribution >= 4 is 0 Å². The van der Waals surface area contributed by atoms with Crippen molar-refractivity contribution < 1.29 is 9.84 Å². The third-order valence-electron chi connectivity index (χ3n) is 1.92. The molecule has 50 valence electrons. The maximum atomic E-state index is 9.22. The zero-order valence-corrected chi connectivity index (χ0v) is 5.37. The number of hydrogen-bond acceptors (Lipinski definition) is 2. The molecule has 3 atom stereocenters. The molecule has 1 aliphatic heterocycles. The predicted octanol–water partition coefficient (Wildman–Crippen LogP) is 0.465. The van der Waals surface area contributed by atoms with E-state index in [2.05, 4.69) is 6.08 Å². The van der Waals surface area contributed by atoms with Crippen molar-refractivity contribution in [2.45, 2.75) is 31.7 Å². The number of aliphatic hydroxyl groups is 1. The fraction of sp³-hybridized carbons (Fsp3) is 0.714. The zero-order chi connectivity index (χ0) is 6.43. The summed E-state index contributed by atoms with van der Waals surface area (Å²) < 4.78 is 5.13. The molecule has 2 aliphatic rings. The highest BCUT2D eigenvalue weighted by Crippen LogP contribution is 2.34. The Morgan fingerprint density at radius 2 is 2.56 bits per heavy atom. The molecule has 0 bridgehead atoms. The molecule has 9 heavy (non-hydrogen) atoms. The Balaban J connectivity index is 2.16. The Bertz CT molecular complexity index is 162. The summed E-state index contributed by atoms with van der Waals surface area (Å²) in [7, 11) is 0. The molecular weight excluding hydrogens is 116 g/mol. The minimum Gasteiger partial charge on any atom is -0.390 e. The van der Waals surface area contributed by atoms with E-state index in [9.17, 15) is 5.11 Å². The summed E-state index contributed by atoms with van der Waals surface area (Å²) in [6.45, 7) is 2.03. The zero-order valence-electron chi connectivity index (χ0n) is 5.37. The van der Waals surface area contributed by atoms with Gasteiger partial charge in [0.25, 0.3) is 0 Å². The second-order valence-electron chi connectivity index (χ2n) is 2.85. The van der Waals surface area contributed by atoms with Gasteiger partial charge in [-0.05, 0) is 13.3 Å². The lowest BCUT2D eigenvalue weighted by Crippen LogP contribution is -2.19. The lowest BCUT2D eigenvalue weighted by Gasteiger charge is -2.10. The van der Waals surface area contributed by atoms with E-state index in [0.29, 0.717) is 0 Å². The van der Waals surface area contributed by atoms with Crippen LogP contribution in [0.1, 0.15) is 13.3 Å². The second kappa shape index (κ2) is 1.58. The SMILES string of the molecule is CC1=CC2OC2C(O)C1. The van der Waals surface area contributed by atoms with Crippen molar-refractivity contribution in [2.24, 2.45) is 0 Å². The third-order valence-corrected chi connectivity index (χ3v) is 1.92. The van der Waals surface area contributed by atoms with Gasteiger partial charge in [0.15, 0.2) is 0 Å². The number of epoxide rings is 1. The molecule has 1 heterocycles. The van der Waals surface area contributed by atoms with Gasteiger partial charge in [-0.1, -0.05) is 11.6 Å². The highest BCUT2D eigenvalue weighted by molar-refractivity contribution is 5.18. The average molecular weight is 126 g/mol. The van der Waals surface area contributed by atoms with Gasteiger partial charge in [0.05, 0.1) is 6.10 Å². The summed E-state index contributed by atoms with van der Waals surface area (Å²) in [5.74, 6) is 0. The summed E-state index contributed by atoms with van der Waals surface area (Å²) in [4.78, 5) is 0. The van der Waals surface area contributed by atoms with Gasteiger partial charge >= 0.3 is 0 Å². The van der Waals surface area contributed by atoms with E-state index in [1.165, 1.54) is 5.57 Å². The normalized spacial score (nSPS) is 47.8. The third kappa shape index (κ3) is 0.787. The quantitative estimate of drug-likeness (QED) is 0.378. The number of rotatable bonds is 0. The Hall–Kier alpha value is -0.340. The number of ether oxygens (including phenoxy) is 1. The first-order valence-electron chi connectivity index (χ1n) is 3.28. The number of aliphatic hydroxyl groups excluding tert-OH is 1. The van der Waals surface area contributed by atoms with Crippen molar-refractivity contribution in [3.8, 4) is 0 Å². The van der Waals surface area contributed by atoms with Gasteiger partial charge in [-0.15, -0.1) is 0 Å². The summed E-state index contributed by atoms with van der Waals surface area (Å²) in [5.41, 5.74) is 1.25. The summed E-state index contributed by atoms with van der Waals surface area (Å²) in [6.07, 6.45) is 3.03. The maximum absolute atomic E-state index is 9.22. The molecular formula is C7H10O2. The van der Waals surface area contributed by atoms with E-state index in [4.69, 9.17) is 4.74 Å². The molecule has 0 radical (unpaired) electrons. The van der Waals surface area contributed by atoms with Crippen LogP contribution in [0.15, 0.2) is 11.6 Å². The molecule has 2 nitrogen and oxygen atoms in total. The van der Waals surface area contributed by atoms with Gasteiger partial charge in [-0.25, -0.2) is 0 Å². The fourth-order valence-corrected chi connectivity index (χ4v) is 1.37. The van der Waals surface area contributed by atoms with E-state index in [1.807, 2.05) is 6.92 Å². The van der Waals surface area contributed by atoms with Gasteiger partial charge < -0.3 is 9.84 Å². The van der Waals surface area contributed by atoms with Crippen molar-refractivity contribution in [1.29, 1.82) is 0 Å². The fourth-order valence-electron chi connectivity index (χ4n) is 1.37. The van der Waals surface area contributed by atoms with Crippen molar-refractivity contribution in [1.82, 2.24) is 0 Å². The van der Waals surface area contributed by atoms with Gasteiger partial charge in [-0.2, -0.15) is 0 Å². The van der Waals surface area contributed by atoms with Gasteiger partial charge in [0.2, 0.25) is 0 Å². The Morgan fingerprint density at radius 1 is 1.78 bits per heavy atom. The first kappa shape index (κ1) is 5.45. The standard InChI is InChI=1S/C7H10O2/c1-4-2-5(8)7-6(3-4)9-7/h3,5-8H,2H2,1H3. The molecule has 0 aromatic heterocycles. The van der Waals surface area contributed by atoms with Crippen LogP contribution in [0.4, 0.5) is 0 Å². The summed E-state index contributed by atoms with van der Waals surface area (Å²) >= 11 is 0. The van der Waals surface area contributed by atoms with Crippen LogP contribution in [0, 0.1) is 0 Å². The predicted molar refractivity (Wildman–Crippen MR) is 33.0 cm³/mol. The van der Waals surface area contributed by atoms with E-state index in [-0.39, 0.29) is 18.3 Å². The Labute approximate surface area is 54.1 Å². The maximum Gasteiger partial charge on any atom is 0.114 e. The molecule has 1 aliphatic carbocycles. The van der Waals surface area contributed by atoms with Crippen molar-refractivity contribution in [3.63, 3.8) is 0 Å². The van der Waals surface area contributed by atoms with Crippen LogP contribution in [0.25, 0.3) is 0 Å². The van der Waals surface area contributed by atoms with Crippen molar-refractivity contribution in [3.05, 3.63) is 11.6 Å². The molecule has 1 fully saturated rings. The lowest BCUT2D eigenvalue weighted by atomic mass is 9.98. The van der Waals surface area contributed by atoms with Gasteiger partial charge in [0, 0.05) is 0 Å². The van der Waals surface area contributed by atoms with Crippen LogP contribution in [0.2, 0.25) is 0 Å². The molecule has 0 aromatic rings. The molecule has 2 heteroatoms. The smallest absolute Gasteiger partial charge is 0.114 e. The lowest BCUT2D eigenvalue weighted by molar-refractivity contribution is 0.135. The summed E-state index contributed by atoms with van der Waals surface area (Å²) in [6, 6.07) is 0. The number of hydrogen-bond donors (Lipinski definition) is 1. The first-order valence-corrected chi connectivity index (χ1v) is 3.28. The minimum atomic E-state index is -0.236. The molecule has 0 saturated carbocycles. The van der Waals surface area contributed by atoms with Crippen LogP contribution in [0.3, 0.4) is 0 Å². The molecule has 1 N–H and O–H groups in total. The molecule has 0 spiro atoms. The number of fused-ring (bicyclic) bond motifs is 1.